The van der Waals surface area contributed by atoms with Gasteiger partial charge in [0.05, 0.1) is 17.4 Å². The van der Waals surface area contributed by atoms with Gasteiger partial charge >= 0.3 is 0 Å². The van der Waals surface area contributed by atoms with Crippen LogP contribution >= 0.6 is 11.6 Å². The van der Waals surface area contributed by atoms with Crippen LogP contribution in [0.4, 0.5) is 0 Å². The summed E-state index contributed by atoms with van der Waals surface area (Å²) in [6, 6.07) is 4.13. The van der Waals surface area contributed by atoms with E-state index < -0.39 is 0 Å². The Morgan fingerprint density at radius 1 is 1.33 bits per heavy atom. The third kappa shape index (κ3) is 2.70. The van der Waals surface area contributed by atoms with Crippen LogP contribution in [0.3, 0.4) is 0 Å². The molecule has 1 aromatic heterocycles. The molecule has 0 aliphatic carbocycles. The van der Waals surface area contributed by atoms with Crippen molar-refractivity contribution in [3.63, 3.8) is 0 Å². The van der Waals surface area contributed by atoms with Gasteiger partial charge in [-0.15, -0.1) is 0 Å². The fourth-order valence-corrected chi connectivity index (χ4v) is 4.27. The first kappa shape index (κ1) is 15.9. The highest BCUT2D eigenvalue weighted by Gasteiger charge is 2.35. The van der Waals surface area contributed by atoms with Crippen molar-refractivity contribution in [2.75, 3.05) is 19.6 Å². The second kappa shape index (κ2) is 6.05. The Balaban J connectivity index is 1.64. The van der Waals surface area contributed by atoms with E-state index in [2.05, 4.69) is 29.0 Å². The number of benzene rings is 1. The number of nitrogens with one attached hydrogen (secondary N) is 1. The Morgan fingerprint density at radius 2 is 2.08 bits per heavy atom. The van der Waals surface area contributed by atoms with Gasteiger partial charge in [-0.2, -0.15) is 0 Å². The molecule has 3 saturated heterocycles. The molecule has 0 spiro atoms. The fourth-order valence-electron chi connectivity index (χ4n) is 4.06. The first-order chi connectivity index (χ1) is 11.5. The van der Waals surface area contributed by atoms with Crippen LogP contribution in [0.1, 0.15) is 43.1 Å². The standard InChI is InChI=1S/C18H23ClN4O/c1-11(2)23-10-20-17-14(7-13(19)8-16(17)23)18(24)21-15-9-22-5-3-12(15)4-6-22/h7-8,10-12,15H,3-6,9H2,1-2H3,(H,21,24)/t15-/m0/s1. The molecule has 1 N–H and O–H groups in total. The van der Waals surface area contributed by atoms with Gasteiger partial charge in [-0.05, 0) is 57.8 Å². The molecule has 1 amide bonds. The molecule has 5 nitrogen and oxygen atoms in total. The molecular weight excluding hydrogens is 324 g/mol. The topological polar surface area (TPSA) is 50.2 Å². The van der Waals surface area contributed by atoms with Gasteiger partial charge in [0.25, 0.3) is 5.91 Å². The van der Waals surface area contributed by atoms with Crippen molar-refractivity contribution in [1.82, 2.24) is 19.8 Å². The maximum atomic E-state index is 12.9. The average Bonchev–Trinajstić information content (AvgIpc) is 2.99. The van der Waals surface area contributed by atoms with Crippen molar-refractivity contribution in [2.45, 2.75) is 38.8 Å². The summed E-state index contributed by atoms with van der Waals surface area (Å²) >= 11 is 6.28. The Morgan fingerprint density at radius 3 is 2.71 bits per heavy atom. The summed E-state index contributed by atoms with van der Waals surface area (Å²) in [4.78, 5) is 19.8. The molecule has 1 aromatic carbocycles. The van der Waals surface area contributed by atoms with Gasteiger partial charge in [0.2, 0.25) is 0 Å². The summed E-state index contributed by atoms with van der Waals surface area (Å²) in [5.41, 5.74) is 2.22. The van der Waals surface area contributed by atoms with E-state index in [0.717, 1.165) is 30.7 Å². The van der Waals surface area contributed by atoms with Gasteiger partial charge < -0.3 is 14.8 Å². The molecule has 0 radical (unpaired) electrons. The van der Waals surface area contributed by atoms with Crippen molar-refractivity contribution in [3.05, 3.63) is 29.0 Å². The largest absolute Gasteiger partial charge is 0.348 e. The number of aromatic nitrogens is 2. The lowest BCUT2D eigenvalue weighted by atomic mass is 9.84. The van der Waals surface area contributed by atoms with Crippen LogP contribution in [0.2, 0.25) is 5.02 Å². The minimum absolute atomic E-state index is 0.0599. The second-order valence-corrected chi connectivity index (χ2v) is 7.72. The SMILES string of the molecule is CC(C)n1cnc2c(C(=O)N[C@H]3CN4CCC3CC4)cc(Cl)cc21. The van der Waals surface area contributed by atoms with Gasteiger partial charge in [-0.3, -0.25) is 4.79 Å². The maximum Gasteiger partial charge on any atom is 0.253 e. The summed E-state index contributed by atoms with van der Waals surface area (Å²) in [5, 5.41) is 3.81. The summed E-state index contributed by atoms with van der Waals surface area (Å²) in [6.45, 7) is 7.47. The molecule has 3 fully saturated rings. The van der Waals surface area contributed by atoms with Gasteiger partial charge in [0.1, 0.15) is 5.52 Å². The summed E-state index contributed by atoms with van der Waals surface area (Å²) in [6.07, 6.45) is 4.15. The number of hydrogen-bond donors (Lipinski definition) is 1. The van der Waals surface area contributed by atoms with Crippen molar-refractivity contribution in [3.8, 4) is 0 Å². The van der Waals surface area contributed by atoms with E-state index in [0.29, 0.717) is 16.5 Å². The van der Waals surface area contributed by atoms with Crippen molar-refractivity contribution in [1.29, 1.82) is 0 Å². The normalized spacial score (nSPS) is 26.2. The number of carbonyl (C=O) groups excluding carboxylic acids is 1. The average molecular weight is 347 g/mol. The first-order valence-electron chi connectivity index (χ1n) is 8.72. The quantitative estimate of drug-likeness (QED) is 0.929. The number of rotatable bonds is 3. The van der Waals surface area contributed by atoms with Gasteiger partial charge in [0, 0.05) is 23.7 Å². The number of amides is 1. The van der Waals surface area contributed by atoms with Crippen LogP contribution in [0, 0.1) is 5.92 Å². The lowest BCUT2D eigenvalue weighted by molar-refractivity contribution is 0.0621. The molecular formula is C18H23ClN4O. The minimum atomic E-state index is -0.0599. The zero-order valence-corrected chi connectivity index (χ0v) is 14.9. The molecule has 1 atom stereocenters. The maximum absolute atomic E-state index is 12.9. The Kier molecular flexibility index (Phi) is 4.01. The van der Waals surface area contributed by atoms with E-state index in [-0.39, 0.29) is 18.0 Å². The summed E-state index contributed by atoms with van der Waals surface area (Å²) in [5.74, 6) is 0.539. The minimum Gasteiger partial charge on any atom is -0.348 e. The number of fused-ring (bicyclic) bond motifs is 4. The van der Waals surface area contributed by atoms with E-state index in [4.69, 9.17) is 11.6 Å². The smallest absolute Gasteiger partial charge is 0.253 e. The number of imidazole rings is 1. The molecule has 2 aromatic rings. The number of piperidine rings is 3. The third-order valence-corrected chi connectivity index (χ3v) is 5.64. The molecule has 5 rings (SSSR count). The van der Waals surface area contributed by atoms with Crippen LogP contribution in [-0.2, 0) is 0 Å². The van der Waals surface area contributed by atoms with Crippen LogP contribution in [0.15, 0.2) is 18.5 Å². The van der Waals surface area contributed by atoms with E-state index in [1.807, 2.05) is 10.6 Å². The highest BCUT2D eigenvalue weighted by molar-refractivity contribution is 6.32. The predicted molar refractivity (Wildman–Crippen MR) is 95.5 cm³/mol. The second-order valence-electron chi connectivity index (χ2n) is 7.28. The van der Waals surface area contributed by atoms with Gasteiger partial charge in [-0.25, -0.2) is 4.98 Å². The zero-order valence-electron chi connectivity index (χ0n) is 14.1. The molecule has 0 unspecified atom stereocenters. The highest BCUT2D eigenvalue weighted by atomic mass is 35.5. The van der Waals surface area contributed by atoms with Gasteiger partial charge in [0.15, 0.2) is 0 Å². The lowest BCUT2D eigenvalue weighted by Crippen LogP contribution is -2.57. The Hall–Kier alpha value is -1.59. The van der Waals surface area contributed by atoms with E-state index in [1.54, 1.807) is 12.4 Å². The number of hydrogen-bond acceptors (Lipinski definition) is 3. The molecule has 24 heavy (non-hydrogen) atoms. The van der Waals surface area contributed by atoms with Crippen molar-refractivity contribution < 1.29 is 4.79 Å². The number of halogens is 1. The van der Waals surface area contributed by atoms with Crippen molar-refractivity contribution >= 4 is 28.5 Å². The highest BCUT2D eigenvalue weighted by Crippen LogP contribution is 2.29. The molecule has 0 saturated carbocycles. The lowest BCUT2D eigenvalue weighted by Gasteiger charge is -2.44. The van der Waals surface area contributed by atoms with Crippen molar-refractivity contribution in [2.24, 2.45) is 5.92 Å². The predicted octanol–water partition coefficient (Wildman–Crippen LogP) is 3.09. The van der Waals surface area contributed by atoms with Crippen LogP contribution in [-0.4, -0.2) is 46.0 Å². The summed E-state index contributed by atoms with van der Waals surface area (Å²) < 4.78 is 2.05. The molecule has 3 aliphatic rings. The third-order valence-electron chi connectivity index (χ3n) is 5.42. The molecule has 3 aliphatic heterocycles. The molecule has 128 valence electrons. The van der Waals surface area contributed by atoms with E-state index in [1.165, 1.54) is 12.8 Å². The van der Waals surface area contributed by atoms with Crippen LogP contribution in [0.25, 0.3) is 11.0 Å². The zero-order chi connectivity index (χ0) is 16.8. The Bertz CT molecular complexity index is 777. The fraction of sp³-hybridized carbons (Fsp3) is 0.556. The van der Waals surface area contributed by atoms with E-state index >= 15 is 0 Å². The van der Waals surface area contributed by atoms with Crippen LogP contribution in [0.5, 0.6) is 0 Å². The number of nitrogens with zero attached hydrogens (tertiary/aromatic N) is 3. The number of carbonyl (C=O) groups is 1. The molecule has 6 heteroatoms. The van der Waals surface area contributed by atoms with E-state index in [9.17, 15) is 4.79 Å². The first-order valence-corrected chi connectivity index (χ1v) is 9.10. The summed E-state index contributed by atoms with van der Waals surface area (Å²) in [7, 11) is 0. The monoisotopic (exact) mass is 346 g/mol. The molecule has 2 bridgehead atoms. The molecule has 4 heterocycles. The van der Waals surface area contributed by atoms with Gasteiger partial charge in [-0.1, -0.05) is 11.6 Å². The Labute approximate surface area is 147 Å². The van der Waals surface area contributed by atoms with Crippen LogP contribution < -0.4 is 5.32 Å².